The molecular formula is C14H22F3NO3. The van der Waals surface area contributed by atoms with E-state index in [0.717, 1.165) is 0 Å². The van der Waals surface area contributed by atoms with Crippen molar-refractivity contribution in [3.8, 4) is 0 Å². The van der Waals surface area contributed by atoms with Gasteiger partial charge in [-0.1, -0.05) is 13.8 Å². The average molecular weight is 309 g/mol. The van der Waals surface area contributed by atoms with Crippen LogP contribution in [0.4, 0.5) is 18.0 Å². The molecule has 0 radical (unpaired) electrons. The van der Waals surface area contributed by atoms with E-state index >= 15 is 0 Å². The van der Waals surface area contributed by atoms with Gasteiger partial charge in [-0.05, 0) is 32.6 Å². The summed E-state index contributed by atoms with van der Waals surface area (Å²) in [5.74, 6) is -3.01. The van der Waals surface area contributed by atoms with Crippen molar-refractivity contribution in [1.29, 1.82) is 0 Å². The molecule has 7 heteroatoms. The third-order valence-electron chi connectivity index (χ3n) is 3.16. The predicted octanol–water partition coefficient (Wildman–Crippen LogP) is 3.40. The number of hydrogen-bond donors (Lipinski definition) is 0. The number of nitrogens with zero attached hydrogens (tertiary/aromatic N) is 1. The number of ketones is 1. The number of amides is 1. The maximum Gasteiger partial charge on any atom is 0.450 e. The zero-order valence-electron chi connectivity index (χ0n) is 13.0. The van der Waals surface area contributed by atoms with Crippen molar-refractivity contribution < 1.29 is 27.5 Å². The van der Waals surface area contributed by atoms with Gasteiger partial charge in [0.15, 0.2) is 0 Å². The van der Waals surface area contributed by atoms with Crippen LogP contribution < -0.4 is 0 Å². The van der Waals surface area contributed by atoms with Gasteiger partial charge in [-0.2, -0.15) is 13.2 Å². The maximum absolute atomic E-state index is 12.6. The van der Waals surface area contributed by atoms with Crippen molar-refractivity contribution in [1.82, 2.24) is 4.90 Å². The molecule has 1 atom stereocenters. The molecule has 0 aromatic rings. The second kappa shape index (κ2) is 5.50. The molecule has 0 N–H and O–H groups in total. The minimum absolute atomic E-state index is 0.102. The lowest BCUT2D eigenvalue weighted by molar-refractivity contribution is -0.178. The van der Waals surface area contributed by atoms with E-state index in [9.17, 15) is 22.8 Å². The first-order valence-corrected chi connectivity index (χ1v) is 6.80. The largest absolute Gasteiger partial charge is 0.450 e. The van der Waals surface area contributed by atoms with Crippen molar-refractivity contribution in [2.24, 2.45) is 11.3 Å². The molecule has 1 rings (SSSR count). The van der Waals surface area contributed by atoms with Gasteiger partial charge in [-0.25, -0.2) is 4.79 Å². The Morgan fingerprint density at radius 1 is 1.19 bits per heavy atom. The Bertz CT molecular complexity index is 424. The molecule has 1 unspecified atom stereocenters. The summed E-state index contributed by atoms with van der Waals surface area (Å²) in [5, 5.41) is 0. The zero-order chi connectivity index (χ0) is 16.6. The third kappa shape index (κ3) is 5.21. The van der Waals surface area contributed by atoms with Gasteiger partial charge in [0.25, 0.3) is 0 Å². The van der Waals surface area contributed by atoms with Gasteiger partial charge in [-0.15, -0.1) is 0 Å². The number of likely N-dealkylation sites (tertiary alicyclic amines) is 1. The summed E-state index contributed by atoms with van der Waals surface area (Å²) in [4.78, 5) is 24.7. The van der Waals surface area contributed by atoms with E-state index in [2.05, 4.69) is 0 Å². The van der Waals surface area contributed by atoms with Crippen LogP contribution in [0.2, 0.25) is 0 Å². The highest BCUT2D eigenvalue weighted by Crippen LogP contribution is 2.36. The van der Waals surface area contributed by atoms with Crippen LogP contribution in [-0.4, -0.2) is 41.6 Å². The Morgan fingerprint density at radius 2 is 1.71 bits per heavy atom. The zero-order valence-corrected chi connectivity index (χ0v) is 13.0. The van der Waals surface area contributed by atoms with Crippen molar-refractivity contribution >= 4 is 11.9 Å². The number of Topliss-reactive ketones (excluding diaryl/α,β-unsaturated/α-hetero) is 1. The number of halogens is 3. The minimum Gasteiger partial charge on any atom is -0.444 e. The molecule has 1 heterocycles. The highest BCUT2D eigenvalue weighted by molar-refractivity contribution is 5.87. The highest BCUT2D eigenvalue weighted by Gasteiger charge is 2.48. The summed E-state index contributed by atoms with van der Waals surface area (Å²) in [5.41, 5.74) is -1.30. The summed E-state index contributed by atoms with van der Waals surface area (Å²) in [6.07, 6.45) is -5.46. The Balaban J connectivity index is 2.89. The summed E-state index contributed by atoms with van der Waals surface area (Å²) < 4.78 is 43.0. The molecule has 0 saturated carbocycles. The minimum atomic E-state index is -4.88. The summed E-state index contributed by atoms with van der Waals surface area (Å²) in [7, 11) is 0. The first kappa shape index (κ1) is 17.8. The van der Waals surface area contributed by atoms with E-state index in [1.807, 2.05) is 0 Å². The van der Waals surface area contributed by atoms with Gasteiger partial charge in [0.05, 0.1) is 0 Å². The van der Waals surface area contributed by atoms with E-state index in [-0.39, 0.29) is 19.5 Å². The van der Waals surface area contributed by atoms with Gasteiger partial charge in [0, 0.05) is 19.0 Å². The van der Waals surface area contributed by atoms with Gasteiger partial charge in [-0.3, -0.25) is 4.79 Å². The Kier molecular flexibility index (Phi) is 4.65. The van der Waals surface area contributed by atoms with Crippen molar-refractivity contribution in [2.75, 3.05) is 13.1 Å². The van der Waals surface area contributed by atoms with Crippen LogP contribution in [0.25, 0.3) is 0 Å². The number of hydrogen-bond acceptors (Lipinski definition) is 3. The normalized spacial score (nSPS) is 22.9. The highest BCUT2D eigenvalue weighted by atomic mass is 19.4. The van der Waals surface area contributed by atoms with Crippen LogP contribution in [0.5, 0.6) is 0 Å². The molecule has 122 valence electrons. The first-order chi connectivity index (χ1) is 9.21. The Hall–Kier alpha value is -1.27. The predicted molar refractivity (Wildman–Crippen MR) is 70.8 cm³/mol. The molecule has 21 heavy (non-hydrogen) atoms. The summed E-state index contributed by atoms with van der Waals surface area (Å²) in [6.45, 7) is 8.52. The molecule has 1 amide bonds. The Morgan fingerprint density at radius 3 is 2.14 bits per heavy atom. The summed E-state index contributed by atoms with van der Waals surface area (Å²) >= 11 is 0. The van der Waals surface area contributed by atoms with Gasteiger partial charge in [0.1, 0.15) is 5.60 Å². The number of carbonyl (C=O) groups is 2. The van der Waals surface area contributed by atoms with Crippen LogP contribution in [0.15, 0.2) is 0 Å². The van der Waals surface area contributed by atoms with Crippen molar-refractivity contribution in [3.63, 3.8) is 0 Å². The molecule has 1 aliphatic rings. The van der Waals surface area contributed by atoms with Gasteiger partial charge < -0.3 is 9.64 Å². The third-order valence-corrected chi connectivity index (χ3v) is 3.16. The fourth-order valence-electron chi connectivity index (χ4n) is 2.52. The molecule has 0 bridgehead atoms. The van der Waals surface area contributed by atoms with Crippen molar-refractivity contribution in [2.45, 2.75) is 52.8 Å². The standard InChI is InChI=1S/C14H22F3NO3/c1-12(2,3)21-11(20)18-7-9(6-13(4,5)8-18)10(19)14(15,16)17/h9H,6-8H2,1-5H3. The number of alkyl halides is 3. The lowest BCUT2D eigenvalue weighted by atomic mass is 9.77. The lowest BCUT2D eigenvalue weighted by Gasteiger charge is -2.42. The Labute approximate surface area is 122 Å². The number of carbonyl (C=O) groups excluding carboxylic acids is 2. The number of ether oxygens (including phenoxy) is 1. The molecule has 1 saturated heterocycles. The van der Waals surface area contributed by atoms with Gasteiger partial charge in [0.2, 0.25) is 5.78 Å². The van der Waals surface area contributed by atoms with E-state index in [4.69, 9.17) is 4.74 Å². The molecule has 0 aliphatic carbocycles. The molecule has 0 spiro atoms. The van der Waals surface area contributed by atoms with Crippen molar-refractivity contribution in [3.05, 3.63) is 0 Å². The van der Waals surface area contributed by atoms with Crippen LogP contribution in [0, 0.1) is 11.3 Å². The average Bonchev–Trinajstić information content (AvgIpc) is 2.22. The monoisotopic (exact) mass is 309 g/mol. The molecule has 4 nitrogen and oxygen atoms in total. The molecule has 0 aromatic heterocycles. The quantitative estimate of drug-likeness (QED) is 0.746. The molecule has 1 aliphatic heterocycles. The fourth-order valence-corrected chi connectivity index (χ4v) is 2.52. The van der Waals surface area contributed by atoms with E-state index < -0.39 is 35.0 Å². The smallest absolute Gasteiger partial charge is 0.444 e. The molecule has 0 aromatic carbocycles. The van der Waals surface area contributed by atoms with Crippen LogP contribution >= 0.6 is 0 Å². The van der Waals surface area contributed by atoms with Crippen LogP contribution in [0.1, 0.15) is 41.0 Å². The number of piperidine rings is 1. The SMILES string of the molecule is CC1(C)CC(C(=O)C(F)(F)F)CN(C(=O)OC(C)(C)C)C1. The first-order valence-electron chi connectivity index (χ1n) is 6.80. The summed E-state index contributed by atoms with van der Waals surface area (Å²) in [6, 6.07) is 0. The number of rotatable bonds is 1. The maximum atomic E-state index is 12.6. The van der Waals surface area contributed by atoms with Crippen LogP contribution in [0.3, 0.4) is 0 Å². The van der Waals surface area contributed by atoms with Gasteiger partial charge >= 0.3 is 12.3 Å². The van der Waals surface area contributed by atoms with Crippen LogP contribution in [-0.2, 0) is 9.53 Å². The lowest BCUT2D eigenvalue weighted by Crippen LogP contribution is -2.52. The molecule has 1 fully saturated rings. The second-order valence-corrected chi connectivity index (χ2v) is 7.29. The van der Waals surface area contributed by atoms with E-state index in [1.165, 1.54) is 4.90 Å². The topological polar surface area (TPSA) is 46.6 Å². The second-order valence-electron chi connectivity index (χ2n) is 7.29. The van der Waals surface area contributed by atoms with E-state index in [1.54, 1.807) is 34.6 Å². The van der Waals surface area contributed by atoms with E-state index in [0.29, 0.717) is 0 Å². The molecular weight excluding hydrogens is 287 g/mol. The fraction of sp³-hybridized carbons (Fsp3) is 0.857.